The Morgan fingerprint density at radius 1 is 1.07 bits per heavy atom. The maximum Gasteiger partial charge on any atom is 0.246 e. The molecule has 0 unspecified atom stereocenters. The number of likely N-dealkylation sites (tertiary alicyclic amines) is 1. The molecule has 150 valence electrons. The van der Waals surface area contributed by atoms with E-state index in [0.29, 0.717) is 17.4 Å². The van der Waals surface area contributed by atoms with Crippen molar-refractivity contribution in [2.45, 2.75) is 18.8 Å². The lowest BCUT2D eigenvalue weighted by molar-refractivity contribution is -0.126. The number of ether oxygens (including phenoxy) is 2. The summed E-state index contributed by atoms with van der Waals surface area (Å²) in [5.41, 5.74) is 3.46. The highest BCUT2D eigenvalue weighted by atomic mass is 16.5. The number of hydrogen-bond donors (Lipinski definition) is 1. The van der Waals surface area contributed by atoms with E-state index < -0.39 is 0 Å². The van der Waals surface area contributed by atoms with Gasteiger partial charge in [-0.25, -0.2) is 0 Å². The van der Waals surface area contributed by atoms with E-state index in [9.17, 15) is 4.79 Å². The highest BCUT2D eigenvalue weighted by Gasteiger charge is 2.24. The van der Waals surface area contributed by atoms with Crippen molar-refractivity contribution < 1.29 is 14.3 Å². The third-order valence-corrected chi connectivity index (χ3v) is 5.69. The van der Waals surface area contributed by atoms with Crippen LogP contribution in [-0.2, 0) is 4.79 Å². The number of amides is 1. The number of carbonyl (C=O) groups excluding carboxylic acids is 1. The largest absolute Gasteiger partial charge is 0.493 e. The molecule has 2 heterocycles. The first-order valence-electron chi connectivity index (χ1n) is 9.94. The van der Waals surface area contributed by atoms with E-state index >= 15 is 0 Å². The molecule has 1 aromatic heterocycles. The van der Waals surface area contributed by atoms with Crippen molar-refractivity contribution in [2.75, 3.05) is 27.3 Å². The van der Waals surface area contributed by atoms with Gasteiger partial charge in [0.15, 0.2) is 11.5 Å². The molecular formula is C24H26N2O3. The summed E-state index contributed by atoms with van der Waals surface area (Å²) in [4.78, 5) is 17.9. The highest BCUT2D eigenvalue weighted by Crippen LogP contribution is 2.33. The van der Waals surface area contributed by atoms with Gasteiger partial charge in [0.05, 0.1) is 14.2 Å². The Balaban J connectivity index is 1.38. The third-order valence-electron chi connectivity index (χ3n) is 5.69. The topological polar surface area (TPSA) is 54.6 Å². The van der Waals surface area contributed by atoms with E-state index in [1.165, 1.54) is 16.5 Å². The van der Waals surface area contributed by atoms with E-state index in [4.69, 9.17) is 9.47 Å². The maximum absolute atomic E-state index is 12.6. The number of nitrogens with zero attached hydrogens (tertiary/aromatic N) is 1. The summed E-state index contributed by atoms with van der Waals surface area (Å²) in [6, 6.07) is 14.0. The number of piperidine rings is 1. The number of nitrogens with one attached hydrogen (secondary N) is 1. The van der Waals surface area contributed by atoms with Crippen molar-refractivity contribution in [3.05, 3.63) is 65.9 Å². The molecule has 1 aliphatic rings. The normalized spacial score (nSPS) is 15.2. The Hall–Kier alpha value is -3.21. The van der Waals surface area contributed by atoms with Crippen LogP contribution in [0.1, 0.15) is 29.9 Å². The van der Waals surface area contributed by atoms with Gasteiger partial charge in [0.25, 0.3) is 0 Å². The molecule has 0 bridgehead atoms. The van der Waals surface area contributed by atoms with Crippen LogP contribution >= 0.6 is 0 Å². The van der Waals surface area contributed by atoms with E-state index in [0.717, 1.165) is 31.5 Å². The number of H-pyrrole nitrogens is 1. The number of benzene rings is 2. The van der Waals surface area contributed by atoms with Crippen LogP contribution in [0.5, 0.6) is 11.5 Å². The third kappa shape index (κ3) is 3.99. The van der Waals surface area contributed by atoms with Gasteiger partial charge in [-0.2, -0.15) is 0 Å². The molecule has 4 rings (SSSR count). The van der Waals surface area contributed by atoms with Gasteiger partial charge in [-0.15, -0.1) is 0 Å². The number of aromatic amines is 1. The number of rotatable bonds is 5. The van der Waals surface area contributed by atoms with E-state index in [1.54, 1.807) is 20.3 Å². The SMILES string of the molecule is COc1ccc(/C=C/C(=O)N2CCC(c3c[nH]c4ccccc34)CC2)cc1OC. The molecule has 1 aliphatic heterocycles. The van der Waals surface area contributed by atoms with Crippen molar-refractivity contribution in [1.29, 1.82) is 0 Å². The summed E-state index contributed by atoms with van der Waals surface area (Å²) in [5, 5.41) is 1.30. The van der Waals surface area contributed by atoms with Gasteiger partial charge in [-0.05, 0) is 54.2 Å². The molecule has 5 heteroatoms. The molecule has 2 aromatic carbocycles. The average Bonchev–Trinajstić information content (AvgIpc) is 3.21. The second kappa shape index (κ2) is 8.43. The second-order valence-electron chi connectivity index (χ2n) is 7.34. The molecule has 1 fully saturated rings. The van der Waals surface area contributed by atoms with Crippen LogP contribution in [0.15, 0.2) is 54.7 Å². The van der Waals surface area contributed by atoms with E-state index in [2.05, 4.69) is 35.4 Å². The van der Waals surface area contributed by atoms with Crippen LogP contribution in [0.2, 0.25) is 0 Å². The van der Waals surface area contributed by atoms with Crippen molar-refractivity contribution in [3.63, 3.8) is 0 Å². The average molecular weight is 390 g/mol. The molecule has 1 saturated heterocycles. The van der Waals surface area contributed by atoms with Gasteiger partial charge >= 0.3 is 0 Å². The molecule has 0 radical (unpaired) electrons. The quantitative estimate of drug-likeness (QED) is 0.648. The Labute approximate surface area is 170 Å². The summed E-state index contributed by atoms with van der Waals surface area (Å²) in [6.45, 7) is 1.55. The molecule has 0 atom stereocenters. The fourth-order valence-corrected chi connectivity index (χ4v) is 4.07. The van der Waals surface area contributed by atoms with Crippen molar-refractivity contribution in [2.24, 2.45) is 0 Å². The molecular weight excluding hydrogens is 364 g/mol. The van der Waals surface area contributed by atoms with Crippen LogP contribution < -0.4 is 9.47 Å². The molecule has 0 aliphatic carbocycles. The Bertz CT molecular complexity index is 1030. The predicted molar refractivity (Wildman–Crippen MR) is 115 cm³/mol. The van der Waals surface area contributed by atoms with Gasteiger partial charge in [-0.1, -0.05) is 24.3 Å². The summed E-state index contributed by atoms with van der Waals surface area (Å²) in [7, 11) is 3.21. The molecule has 3 aromatic rings. The summed E-state index contributed by atoms with van der Waals surface area (Å²) in [6.07, 6.45) is 7.57. The van der Waals surface area contributed by atoms with Crippen LogP contribution in [0.4, 0.5) is 0 Å². The lowest BCUT2D eigenvalue weighted by Gasteiger charge is -2.31. The maximum atomic E-state index is 12.6. The van der Waals surface area contributed by atoms with E-state index in [1.807, 2.05) is 29.2 Å². The fraction of sp³-hybridized carbons (Fsp3) is 0.292. The Morgan fingerprint density at radius 2 is 1.83 bits per heavy atom. The number of aromatic nitrogens is 1. The lowest BCUT2D eigenvalue weighted by atomic mass is 9.89. The zero-order valence-electron chi connectivity index (χ0n) is 16.9. The van der Waals surface area contributed by atoms with Crippen molar-refractivity contribution in [3.8, 4) is 11.5 Å². The monoisotopic (exact) mass is 390 g/mol. The number of para-hydroxylation sites is 1. The smallest absolute Gasteiger partial charge is 0.246 e. The second-order valence-corrected chi connectivity index (χ2v) is 7.34. The van der Waals surface area contributed by atoms with Crippen molar-refractivity contribution >= 4 is 22.9 Å². The predicted octanol–water partition coefficient (Wildman–Crippen LogP) is 4.60. The summed E-state index contributed by atoms with van der Waals surface area (Å²) < 4.78 is 10.6. The molecule has 0 saturated carbocycles. The number of methoxy groups -OCH3 is 2. The summed E-state index contributed by atoms with van der Waals surface area (Å²) >= 11 is 0. The molecule has 1 N–H and O–H groups in total. The zero-order chi connectivity index (χ0) is 20.2. The number of fused-ring (bicyclic) bond motifs is 1. The van der Waals surface area contributed by atoms with Crippen LogP contribution in [0.3, 0.4) is 0 Å². The van der Waals surface area contributed by atoms with E-state index in [-0.39, 0.29) is 5.91 Å². The minimum absolute atomic E-state index is 0.0529. The highest BCUT2D eigenvalue weighted by molar-refractivity contribution is 5.92. The first-order valence-corrected chi connectivity index (χ1v) is 9.94. The van der Waals surface area contributed by atoms with Gasteiger partial charge in [0.1, 0.15) is 0 Å². The summed E-state index contributed by atoms with van der Waals surface area (Å²) in [5.74, 6) is 1.87. The van der Waals surface area contributed by atoms with Crippen molar-refractivity contribution in [1.82, 2.24) is 9.88 Å². The van der Waals surface area contributed by atoms with Crippen LogP contribution in [-0.4, -0.2) is 43.1 Å². The fourth-order valence-electron chi connectivity index (χ4n) is 4.07. The standard InChI is InChI=1S/C24H26N2O3/c1-28-22-9-7-17(15-23(22)29-2)8-10-24(27)26-13-11-18(12-14-26)20-16-25-21-6-4-3-5-19(20)21/h3-10,15-16,18,25H,11-14H2,1-2H3/b10-8+. The zero-order valence-corrected chi connectivity index (χ0v) is 16.9. The Kier molecular flexibility index (Phi) is 5.56. The Morgan fingerprint density at radius 3 is 2.59 bits per heavy atom. The number of hydrogen-bond acceptors (Lipinski definition) is 3. The van der Waals surface area contributed by atoms with Gasteiger partial charge in [0.2, 0.25) is 5.91 Å². The van der Waals surface area contributed by atoms with Crippen LogP contribution in [0, 0.1) is 0 Å². The first-order chi connectivity index (χ1) is 14.2. The molecule has 29 heavy (non-hydrogen) atoms. The first kappa shape index (κ1) is 19.1. The lowest BCUT2D eigenvalue weighted by Crippen LogP contribution is -2.36. The van der Waals surface area contributed by atoms with Gasteiger partial charge < -0.3 is 19.4 Å². The van der Waals surface area contributed by atoms with Gasteiger partial charge in [0, 0.05) is 36.3 Å². The van der Waals surface area contributed by atoms with Gasteiger partial charge in [-0.3, -0.25) is 4.79 Å². The molecule has 1 amide bonds. The molecule has 5 nitrogen and oxygen atoms in total. The minimum atomic E-state index is 0.0529. The number of carbonyl (C=O) groups is 1. The molecule has 0 spiro atoms. The van der Waals surface area contributed by atoms with Crippen LogP contribution in [0.25, 0.3) is 17.0 Å². The minimum Gasteiger partial charge on any atom is -0.493 e.